The minimum Gasteiger partial charge on any atom is -0.319 e. The van der Waals surface area contributed by atoms with Crippen LogP contribution in [0.1, 0.15) is 10.4 Å². The van der Waals surface area contributed by atoms with Gasteiger partial charge >= 0.3 is 0 Å². The second-order valence-corrected chi connectivity index (χ2v) is 6.28. The Hall–Kier alpha value is -0.450. The van der Waals surface area contributed by atoms with E-state index in [2.05, 4.69) is 21.2 Å². The van der Waals surface area contributed by atoms with Crippen LogP contribution in [0.2, 0.25) is 20.1 Å². The molecular weight excluding hydrogens is 408 g/mol. The van der Waals surface area contributed by atoms with Gasteiger partial charge in [-0.3, -0.25) is 4.79 Å². The Bertz CT molecular complexity index is 667. The molecule has 2 nitrogen and oxygen atoms in total. The number of hydrogen-bond acceptors (Lipinski definition) is 1. The van der Waals surface area contributed by atoms with E-state index in [1.807, 2.05) is 0 Å². The first kappa shape index (κ1) is 15.9. The number of carbonyl (C=O) groups excluding carboxylic acids is 1. The average molecular weight is 414 g/mol. The first-order chi connectivity index (χ1) is 9.40. The molecule has 0 bridgehead atoms. The number of halogens is 5. The highest BCUT2D eigenvalue weighted by Gasteiger charge is 2.16. The maximum absolute atomic E-state index is 12.2. The Morgan fingerprint density at radius 2 is 1.65 bits per heavy atom. The van der Waals surface area contributed by atoms with Crippen LogP contribution in [0.5, 0.6) is 0 Å². The minimum absolute atomic E-state index is 0.252. The molecule has 0 unspecified atom stereocenters. The zero-order chi connectivity index (χ0) is 14.9. The smallest absolute Gasteiger partial charge is 0.257 e. The Kier molecular flexibility index (Phi) is 5.21. The lowest BCUT2D eigenvalue weighted by atomic mass is 10.2. The van der Waals surface area contributed by atoms with Crippen LogP contribution >= 0.6 is 62.3 Å². The summed E-state index contributed by atoms with van der Waals surface area (Å²) in [6.07, 6.45) is 0. The van der Waals surface area contributed by atoms with Gasteiger partial charge in [0.25, 0.3) is 5.91 Å². The average Bonchev–Trinajstić information content (AvgIpc) is 2.36. The molecule has 0 spiro atoms. The molecule has 0 aliphatic heterocycles. The van der Waals surface area contributed by atoms with Gasteiger partial charge in [0.2, 0.25) is 0 Å². The maximum Gasteiger partial charge on any atom is 0.257 e. The topological polar surface area (TPSA) is 29.1 Å². The quantitative estimate of drug-likeness (QED) is 0.613. The number of anilines is 1. The molecule has 2 aromatic carbocycles. The predicted molar refractivity (Wildman–Crippen MR) is 88.6 cm³/mol. The molecule has 0 saturated heterocycles. The number of carbonyl (C=O) groups is 1. The molecule has 7 heteroatoms. The van der Waals surface area contributed by atoms with Gasteiger partial charge in [-0.2, -0.15) is 0 Å². The lowest BCUT2D eigenvalue weighted by molar-refractivity contribution is 0.102. The van der Waals surface area contributed by atoms with Crippen molar-refractivity contribution in [2.45, 2.75) is 0 Å². The normalized spacial score (nSPS) is 10.4. The van der Waals surface area contributed by atoms with Gasteiger partial charge in [0.1, 0.15) is 0 Å². The van der Waals surface area contributed by atoms with Crippen LogP contribution in [-0.4, -0.2) is 5.91 Å². The highest BCUT2D eigenvalue weighted by molar-refractivity contribution is 9.10. The van der Waals surface area contributed by atoms with Crippen LogP contribution in [0.4, 0.5) is 5.69 Å². The van der Waals surface area contributed by atoms with E-state index >= 15 is 0 Å². The molecule has 2 rings (SSSR count). The van der Waals surface area contributed by atoms with Crippen molar-refractivity contribution in [2.24, 2.45) is 0 Å². The molecule has 2 aromatic rings. The predicted octanol–water partition coefficient (Wildman–Crippen LogP) is 6.32. The molecule has 0 radical (unpaired) electrons. The molecule has 0 aliphatic carbocycles. The summed E-state index contributed by atoms with van der Waals surface area (Å²) >= 11 is 27.2. The van der Waals surface area contributed by atoms with Crippen molar-refractivity contribution < 1.29 is 4.79 Å². The van der Waals surface area contributed by atoms with Crippen LogP contribution < -0.4 is 5.32 Å². The van der Waals surface area contributed by atoms with Gasteiger partial charge in [-0.05, 0) is 40.2 Å². The monoisotopic (exact) mass is 411 g/mol. The molecule has 0 atom stereocenters. The van der Waals surface area contributed by atoms with Crippen LogP contribution in [0.3, 0.4) is 0 Å². The van der Waals surface area contributed by atoms with Crippen LogP contribution in [0.25, 0.3) is 0 Å². The number of amides is 1. The second kappa shape index (κ2) is 6.54. The summed E-state index contributed by atoms with van der Waals surface area (Å²) in [6, 6.07) is 8.03. The molecule has 1 N–H and O–H groups in total. The summed E-state index contributed by atoms with van der Waals surface area (Å²) in [6.45, 7) is 0. The molecule has 0 aliphatic rings. The first-order valence-electron chi connectivity index (χ1n) is 5.30. The van der Waals surface area contributed by atoms with E-state index in [0.717, 1.165) is 0 Å². The van der Waals surface area contributed by atoms with E-state index < -0.39 is 5.91 Å². The molecule has 0 heterocycles. The van der Waals surface area contributed by atoms with Gasteiger partial charge in [-0.1, -0.05) is 52.5 Å². The van der Waals surface area contributed by atoms with E-state index in [-0.39, 0.29) is 10.0 Å². The van der Waals surface area contributed by atoms with E-state index in [4.69, 9.17) is 46.4 Å². The second-order valence-electron chi connectivity index (χ2n) is 3.80. The highest BCUT2D eigenvalue weighted by atomic mass is 79.9. The largest absolute Gasteiger partial charge is 0.319 e. The zero-order valence-electron chi connectivity index (χ0n) is 9.68. The van der Waals surface area contributed by atoms with E-state index in [1.165, 1.54) is 12.1 Å². The molecule has 20 heavy (non-hydrogen) atoms. The van der Waals surface area contributed by atoms with Crippen molar-refractivity contribution in [3.05, 3.63) is 60.5 Å². The van der Waals surface area contributed by atoms with Gasteiger partial charge in [0, 0.05) is 9.50 Å². The van der Waals surface area contributed by atoms with Crippen molar-refractivity contribution in [3.8, 4) is 0 Å². The SMILES string of the molecule is O=C(Nc1c(Cl)cc(Cl)cc1Cl)c1cccc(Br)c1Cl. The molecular formula is C13H6BrCl4NO. The Balaban J connectivity index is 2.36. The van der Waals surface area contributed by atoms with Crippen molar-refractivity contribution in [1.82, 2.24) is 0 Å². The summed E-state index contributed by atoms with van der Waals surface area (Å²) in [5, 5.41) is 3.83. The van der Waals surface area contributed by atoms with Crippen molar-refractivity contribution in [2.75, 3.05) is 5.32 Å². The summed E-state index contributed by atoms with van der Waals surface area (Å²) in [5.41, 5.74) is 0.599. The summed E-state index contributed by atoms with van der Waals surface area (Å²) < 4.78 is 0.625. The Morgan fingerprint density at radius 3 is 2.25 bits per heavy atom. The molecule has 0 saturated carbocycles. The van der Waals surface area contributed by atoms with Gasteiger partial charge in [-0.25, -0.2) is 0 Å². The van der Waals surface area contributed by atoms with Crippen molar-refractivity contribution in [3.63, 3.8) is 0 Å². The van der Waals surface area contributed by atoms with E-state index in [1.54, 1.807) is 18.2 Å². The fourth-order valence-corrected chi connectivity index (χ4v) is 3.01. The third-order valence-corrected chi connectivity index (χ3v) is 4.55. The molecule has 1 amide bonds. The van der Waals surface area contributed by atoms with Crippen LogP contribution in [0, 0.1) is 0 Å². The number of rotatable bonds is 2. The van der Waals surface area contributed by atoms with Crippen molar-refractivity contribution >= 4 is 73.9 Å². The van der Waals surface area contributed by atoms with Gasteiger partial charge in [-0.15, -0.1) is 0 Å². The number of nitrogens with one attached hydrogen (secondary N) is 1. The third-order valence-electron chi connectivity index (χ3n) is 2.44. The lowest BCUT2D eigenvalue weighted by Gasteiger charge is -2.11. The Labute approximate surface area is 144 Å². The minimum atomic E-state index is -0.414. The third kappa shape index (κ3) is 3.41. The maximum atomic E-state index is 12.2. The van der Waals surface area contributed by atoms with Crippen LogP contribution in [-0.2, 0) is 0 Å². The van der Waals surface area contributed by atoms with Crippen molar-refractivity contribution in [1.29, 1.82) is 0 Å². The summed E-state index contributed by atoms with van der Waals surface area (Å²) in [4.78, 5) is 12.2. The van der Waals surface area contributed by atoms with Gasteiger partial charge in [0.15, 0.2) is 0 Å². The lowest BCUT2D eigenvalue weighted by Crippen LogP contribution is -2.13. The van der Waals surface area contributed by atoms with Gasteiger partial charge in [0.05, 0.1) is 26.3 Å². The zero-order valence-corrected chi connectivity index (χ0v) is 14.3. The number of hydrogen-bond donors (Lipinski definition) is 1. The van der Waals surface area contributed by atoms with Crippen LogP contribution in [0.15, 0.2) is 34.8 Å². The Morgan fingerprint density at radius 1 is 1.05 bits per heavy atom. The molecule has 0 aromatic heterocycles. The van der Waals surface area contributed by atoms with Gasteiger partial charge < -0.3 is 5.32 Å². The van der Waals surface area contributed by atoms with E-state index in [9.17, 15) is 4.79 Å². The standard InChI is InChI=1S/C13H6BrCl4NO/c14-8-3-1-2-7(11(8)18)13(20)19-12-9(16)4-6(15)5-10(12)17/h1-5H,(H,19,20). The molecule has 104 valence electrons. The highest BCUT2D eigenvalue weighted by Crippen LogP contribution is 2.34. The summed E-state index contributed by atoms with van der Waals surface area (Å²) in [5.74, 6) is -0.414. The fraction of sp³-hybridized carbons (Fsp3) is 0. The summed E-state index contributed by atoms with van der Waals surface area (Å²) in [7, 11) is 0. The first-order valence-corrected chi connectivity index (χ1v) is 7.60. The van der Waals surface area contributed by atoms with E-state index in [0.29, 0.717) is 25.8 Å². The molecule has 0 fully saturated rings. The fourth-order valence-electron chi connectivity index (χ4n) is 1.52. The number of benzene rings is 2.